The van der Waals surface area contributed by atoms with E-state index in [4.69, 9.17) is 15.9 Å². The van der Waals surface area contributed by atoms with E-state index in [2.05, 4.69) is 0 Å². The van der Waals surface area contributed by atoms with E-state index in [0.29, 0.717) is 11.8 Å². The standard InChI is InChI=1S/C6H10N2O/c1-2-4-3-5(7)9-6(4)8/h3H,2,7-8H2,1H3. The topological polar surface area (TPSA) is 65.2 Å². The lowest BCUT2D eigenvalue weighted by Gasteiger charge is -1.86. The van der Waals surface area contributed by atoms with E-state index < -0.39 is 0 Å². The predicted molar refractivity (Wildman–Crippen MR) is 36.9 cm³/mol. The van der Waals surface area contributed by atoms with Crippen molar-refractivity contribution in [2.75, 3.05) is 11.5 Å². The molecule has 0 unspecified atom stereocenters. The quantitative estimate of drug-likeness (QED) is 0.590. The number of furan rings is 1. The first-order valence-corrected chi connectivity index (χ1v) is 2.87. The van der Waals surface area contributed by atoms with E-state index in [1.807, 2.05) is 6.92 Å². The Balaban J connectivity index is 3.01. The Morgan fingerprint density at radius 3 is 2.44 bits per heavy atom. The fourth-order valence-corrected chi connectivity index (χ4v) is 0.741. The zero-order valence-corrected chi connectivity index (χ0v) is 5.35. The van der Waals surface area contributed by atoms with Crippen molar-refractivity contribution in [3.63, 3.8) is 0 Å². The highest BCUT2D eigenvalue weighted by molar-refractivity contribution is 5.45. The summed E-state index contributed by atoms with van der Waals surface area (Å²) in [4.78, 5) is 0. The Morgan fingerprint density at radius 2 is 2.22 bits per heavy atom. The minimum absolute atomic E-state index is 0.393. The zero-order chi connectivity index (χ0) is 6.85. The van der Waals surface area contributed by atoms with Crippen LogP contribution in [0.5, 0.6) is 0 Å². The SMILES string of the molecule is CCc1cc(N)oc1N. The first kappa shape index (κ1) is 6.01. The van der Waals surface area contributed by atoms with Crippen molar-refractivity contribution in [1.29, 1.82) is 0 Å². The predicted octanol–water partition coefficient (Wildman–Crippen LogP) is 1.01. The van der Waals surface area contributed by atoms with Crippen LogP contribution in [-0.4, -0.2) is 0 Å². The molecule has 0 spiro atoms. The highest BCUT2D eigenvalue weighted by Gasteiger charge is 2.01. The Labute approximate surface area is 53.6 Å². The van der Waals surface area contributed by atoms with E-state index >= 15 is 0 Å². The molecule has 1 heterocycles. The Morgan fingerprint density at radius 1 is 1.56 bits per heavy atom. The van der Waals surface area contributed by atoms with Gasteiger partial charge in [0.15, 0.2) is 11.8 Å². The third kappa shape index (κ3) is 0.988. The molecule has 0 bridgehead atoms. The summed E-state index contributed by atoms with van der Waals surface area (Å²) < 4.78 is 4.86. The molecule has 1 aromatic heterocycles. The van der Waals surface area contributed by atoms with Gasteiger partial charge in [-0.05, 0) is 6.42 Å². The van der Waals surface area contributed by atoms with Crippen LogP contribution in [0.15, 0.2) is 10.5 Å². The fraction of sp³-hybridized carbons (Fsp3) is 0.333. The lowest BCUT2D eigenvalue weighted by Crippen LogP contribution is -1.85. The number of hydrogen-bond acceptors (Lipinski definition) is 3. The number of nitrogen functional groups attached to an aromatic ring is 2. The summed E-state index contributed by atoms with van der Waals surface area (Å²) in [6.07, 6.45) is 0.868. The Hall–Kier alpha value is -1.12. The summed E-state index contributed by atoms with van der Waals surface area (Å²) in [6.45, 7) is 2.00. The molecule has 3 heteroatoms. The molecule has 4 N–H and O–H groups in total. The van der Waals surface area contributed by atoms with E-state index in [1.165, 1.54) is 0 Å². The molecule has 0 saturated carbocycles. The van der Waals surface area contributed by atoms with Crippen molar-refractivity contribution < 1.29 is 4.42 Å². The van der Waals surface area contributed by atoms with Gasteiger partial charge in [-0.1, -0.05) is 6.92 Å². The minimum Gasteiger partial charge on any atom is -0.426 e. The van der Waals surface area contributed by atoms with Crippen LogP contribution in [0.3, 0.4) is 0 Å². The molecule has 1 aromatic rings. The Bertz CT molecular complexity index is 205. The molecule has 9 heavy (non-hydrogen) atoms. The average Bonchev–Trinajstić information content (AvgIpc) is 2.10. The summed E-state index contributed by atoms with van der Waals surface area (Å²) in [5.74, 6) is 0.833. The van der Waals surface area contributed by atoms with Gasteiger partial charge in [0.05, 0.1) is 0 Å². The van der Waals surface area contributed by atoms with Gasteiger partial charge in [0.1, 0.15) is 0 Å². The number of rotatable bonds is 1. The summed E-state index contributed by atoms with van der Waals surface area (Å²) >= 11 is 0. The van der Waals surface area contributed by atoms with Crippen molar-refractivity contribution in [2.24, 2.45) is 0 Å². The summed E-state index contributed by atoms with van der Waals surface area (Å²) in [5, 5.41) is 0. The van der Waals surface area contributed by atoms with Gasteiger partial charge >= 0.3 is 0 Å². The average molecular weight is 126 g/mol. The summed E-state index contributed by atoms with van der Waals surface area (Å²) in [5.41, 5.74) is 11.7. The highest BCUT2D eigenvalue weighted by atomic mass is 16.4. The smallest absolute Gasteiger partial charge is 0.196 e. The number of anilines is 2. The van der Waals surface area contributed by atoms with Gasteiger partial charge in [-0.25, -0.2) is 0 Å². The second-order valence-electron chi connectivity index (χ2n) is 1.89. The number of nitrogens with two attached hydrogens (primary N) is 2. The van der Waals surface area contributed by atoms with Crippen LogP contribution in [0.25, 0.3) is 0 Å². The van der Waals surface area contributed by atoms with Crippen molar-refractivity contribution in [2.45, 2.75) is 13.3 Å². The second kappa shape index (κ2) is 2.01. The lowest BCUT2D eigenvalue weighted by molar-refractivity contribution is 0.605. The first-order chi connectivity index (χ1) is 4.24. The molecule has 0 atom stereocenters. The molecular formula is C6H10N2O. The van der Waals surface area contributed by atoms with Crippen LogP contribution < -0.4 is 11.5 Å². The van der Waals surface area contributed by atoms with E-state index in [1.54, 1.807) is 6.07 Å². The molecule has 0 saturated heterocycles. The third-order valence-electron chi connectivity index (χ3n) is 1.24. The van der Waals surface area contributed by atoms with E-state index in [0.717, 1.165) is 12.0 Å². The van der Waals surface area contributed by atoms with Gasteiger partial charge in [-0.3, -0.25) is 0 Å². The van der Waals surface area contributed by atoms with Gasteiger partial charge in [-0.2, -0.15) is 0 Å². The first-order valence-electron chi connectivity index (χ1n) is 2.87. The fourth-order valence-electron chi connectivity index (χ4n) is 0.741. The van der Waals surface area contributed by atoms with Crippen LogP contribution in [0, 0.1) is 0 Å². The van der Waals surface area contributed by atoms with Gasteiger partial charge in [0, 0.05) is 11.6 Å². The molecule has 1 rings (SSSR count). The van der Waals surface area contributed by atoms with Crippen LogP contribution in [0.2, 0.25) is 0 Å². The van der Waals surface area contributed by atoms with Gasteiger partial charge in [0.25, 0.3) is 0 Å². The molecule has 0 radical (unpaired) electrons. The maximum atomic E-state index is 5.41. The van der Waals surface area contributed by atoms with Crippen LogP contribution >= 0.6 is 0 Å². The zero-order valence-electron chi connectivity index (χ0n) is 5.35. The van der Waals surface area contributed by atoms with Crippen molar-refractivity contribution in [1.82, 2.24) is 0 Å². The maximum Gasteiger partial charge on any atom is 0.196 e. The molecule has 50 valence electrons. The second-order valence-corrected chi connectivity index (χ2v) is 1.89. The van der Waals surface area contributed by atoms with Crippen molar-refractivity contribution in [3.8, 4) is 0 Å². The Kier molecular flexibility index (Phi) is 1.34. The van der Waals surface area contributed by atoms with Gasteiger partial charge in [-0.15, -0.1) is 0 Å². The number of aryl methyl sites for hydroxylation is 1. The summed E-state index contributed by atoms with van der Waals surface area (Å²) in [7, 11) is 0. The van der Waals surface area contributed by atoms with Gasteiger partial charge in [0.2, 0.25) is 0 Å². The molecule has 0 aliphatic heterocycles. The molecule has 0 aromatic carbocycles. The molecule has 0 aliphatic carbocycles. The molecular weight excluding hydrogens is 116 g/mol. The van der Waals surface area contributed by atoms with E-state index in [9.17, 15) is 0 Å². The van der Waals surface area contributed by atoms with Gasteiger partial charge < -0.3 is 15.9 Å². The largest absolute Gasteiger partial charge is 0.426 e. The normalized spacial score (nSPS) is 9.89. The molecule has 3 nitrogen and oxygen atoms in total. The van der Waals surface area contributed by atoms with Crippen LogP contribution in [0.1, 0.15) is 12.5 Å². The van der Waals surface area contributed by atoms with Crippen LogP contribution in [-0.2, 0) is 6.42 Å². The van der Waals surface area contributed by atoms with Crippen molar-refractivity contribution >= 4 is 11.8 Å². The lowest BCUT2D eigenvalue weighted by atomic mass is 10.2. The third-order valence-corrected chi connectivity index (χ3v) is 1.24. The molecule has 0 aliphatic rings. The minimum atomic E-state index is 0.393. The monoisotopic (exact) mass is 126 g/mol. The van der Waals surface area contributed by atoms with Crippen LogP contribution in [0.4, 0.5) is 11.8 Å². The van der Waals surface area contributed by atoms with Crippen molar-refractivity contribution in [3.05, 3.63) is 11.6 Å². The molecule has 0 amide bonds. The summed E-state index contributed by atoms with van der Waals surface area (Å²) in [6, 6.07) is 1.75. The highest BCUT2D eigenvalue weighted by Crippen LogP contribution is 2.18. The molecule has 0 fully saturated rings. The number of hydrogen-bond donors (Lipinski definition) is 2. The van der Waals surface area contributed by atoms with E-state index in [-0.39, 0.29) is 0 Å². The maximum absolute atomic E-state index is 5.41.